The topological polar surface area (TPSA) is 9.23 Å². The predicted molar refractivity (Wildman–Crippen MR) is 115 cm³/mol. The molecule has 2 unspecified atom stereocenters. The van der Waals surface area contributed by atoms with Gasteiger partial charge in [0.1, 0.15) is 5.82 Å². The third-order valence-corrected chi connectivity index (χ3v) is 7.62. The fraction of sp³-hybridized carbons (Fsp3) is 0.615. The average molecular weight is 401 g/mol. The average Bonchev–Trinajstić information content (AvgIpc) is 2.73. The Morgan fingerprint density at radius 3 is 2.55 bits per heavy atom. The molecule has 2 aliphatic carbocycles. The van der Waals surface area contributed by atoms with Crippen LogP contribution in [0.5, 0.6) is 5.75 Å². The summed E-state index contributed by atoms with van der Waals surface area (Å²) in [6, 6.07) is 6.95. The van der Waals surface area contributed by atoms with Gasteiger partial charge in [0, 0.05) is 0 Å². The summed E-state index contributed by atoms with van der Waals surface area (Å²) in [5, 5.41) is 0.689. The van der Waals surface area contributed by atoms with Crippen LogP contribution in [-0.4, -0.2) is 7.11 Å². The van der Waals surface area contributed by atoms with Crippen LogP contribution in [0.2, 0.25) is 0 Å². The number of rotatable bonds is 6. The summed E-state index contributed by atoms with van der Waals surface area (Å²) in [4.78, 5) is 0. The van der Waals surface area contributed by atoms with Gasteiger partial charge in [-0.05, 0) is 78.9 Å². The summed E-state index contributed by atoms with van der Waals surface area (Å²) in [6.07, 6.45) is 13.1. The predicted octanol–water partition coefficient (Wildman–Crippen LogP) is 8.01. The molecule has 0 N–H and O–H groups in total. The van der Waals surface area contributed by atoms with Gasteiger partial charge in [0.05, 0.1) is 12.5 Å². The Bertz CT molecular complexity index is 846. The standard InChI is InChI=1S/C26H34F2O/c1-3-4-5-6-17-7-8-19-14-20(10-9-18(19)13-17)22-15-21-11-12-24(29-2)26(28)25(21)23(27)16-22/h11-12,15-20H,3-10,13-14H2,1-2H3/t17?,18-,19?,20-/m1/s1. The van der Waals surface area contributed by atoms with Crippen molar-refractivity contribution in [3.8, 4) is 5.75 Å². The van der Waals surface area contributed by atoms with Crippen molar-refractivity contribution in [2.45, 2.75) is 77.0 Å². The van der Waals surface area contributed by atoms with Gasteiger partial charge in [0.2, 0.25) is 0 Å². The molecule has 0 heterocycles. The van der Waals surface area contributed by atoms with Crippen LogP contribution in [-0.2, 0) is 0 Å². The van der Waals surface area contributed by atoms with Gasteiger partial charge in [-0.15, -0.1) is 0 Å². The minimum atomic E-state index is -0.598. The van der Waals surface area contributed by atoms with E-state index in [1.807, 2.05) is 6.07 Å². The fourth-order valence-electron chi connectivity index (χ4n) is 6.00. The van der Waals surface area contributed by atoms with Crippen LogP contribution >= 0.6 is 0 Å². The molecule has 2 fully saturated rings. The first-order valence-electron chi connectivity index (χ1n) is 11.6. The molecule has 4 rings (SSSR count). The zero-order chi connectivity index (χ0) is 20.4. The molecule has 2 aromatic carbocycles. The van der Waals surface area contributed by atoms with E-state index in [1.165, 1.54) is 58.5 Å². The number of ether oxygens (including phenoxy) is 1. The Morgan fingerprint density at radius 2 is 1.76 bits per heavy atom. The van der Waals surface area contributed by atoms with Gasteiger partial charge in [-0.25, -0.2) is 8.78 Å². The maximum atomic E-state index is 14.8. The summed E-state index contributed by atoms with van der Waals surface area (Å²) in [7, 11) is 1.41. The molecular weight excluding hydrogens is 366 g/mol. The molecule has 158 valence electrons. The van der Waals surface area contributed by atoms with Crippen molar-refractivity contribution >= 4 is 10.8 Å². The van der Waals surface area contributed by atoms with Gasteiger partial charge in [0.25, 0.3) is 0 Å². The molecule has 0 radical (unpaired) electrons. The van der Waals surface area contributed by atoms with Gasteiger partial charge < -0.3 is 4.74 Å². The van der Waals surface area contributed by atoms with E-state index < -0.39 is 11.6 Å². The van der Waals surface area contributed by atoms with Crippen molar-refractivity contribution in [3.05, 3.63) is 41.5 Å². The zero-order valence-corrected chi connectivity index (χ0v) is 17.9. The van der Waals surface area contributed by atoms with Gasteiger partial charge in [-0.1, -0.05) is 51.2 Å². The fourth-order valence-corrected chi connectivity index (χ4v) is 6.00. The second kappa shape index (κ2) is 9.02. The lowest BCUT2D eigenvalue weighted by Gasteiger charge is -2.42. The van der Waals surface area contributed by atoms with Crippen molar-refractivity contribution in [1.29, 1.82) is 0 Å². The van der Waals surface area contributed by atoms with E-state index >= 15 is 0 Å². The summed E-state index contributed by atoms with van der Waals surface area (Å²) in [5.74, 6) is 2.00. The Kier molecular flexibility index (Phi) is 6.41. The molecule has 0 spiro atoms. The molecule has 0 saturated heterocycles. The summed E-state index contributed by atoms with van der Waals surface area (Å²) in [6.45, 7) is 2.28. The van der Waals surface area contributed by atoms with Crippen molar-refractivity contribution < 1.29 is 13.5 Å². The molecular formula is C26H34F2O. The number of hydrogen-bond acceptors (Lipinski definition) is 1. The Balaban J connectivity index is 1.46. The Morgan fingerprint density at radius 1 is 0.966 bits per heavy atom. The van der Waals surface area contributed by atoms with Gasteiger partial charge in [0.15, 0.2) is 11.6 Å². The molecule has 0 amide bonds. The third-order valence-electron chi connectivity index (χ3n) is 7.62. The van der Waals surface area contributed by atoms with Crippen molar-refractivity contribution in [1.82, 2.24) is 0 Å². The minimum absolute atomic E-state index is 0.0503. The molecule has 2 aromatic rings. The van der Waals surface area contributed by atoms with E-state index in [0.717, 1.165) is 36.2 Å². The second-order valence-electron chi connectivity index (χ2n) is 9.39. The van der Waals surface area contributed by atoms with Crippen LogP contribution in [0.15, 0.2) is 24.3 Å². The Labute approximate surface area is 173 Å². The molecule has 3 heteroatoms. The lowest BCUT2D eigenvalue weighted by Crippen LogP contribution is -2.30. The van der Waals surface area contributed by atoms with E-state index in [-0.39, 0.29) is 11.1 Å². The number of unbranched alkanes of at least 4 members (excludes halogenated alkanes) is 2. The third kappa shape index (κ3) is 4.29. The second-order valence-corrected chi connectivity index (χ2v) is 9.39. The van der Waals surface area contributed by atoms with E-state index in [1.54, 1.807) is 18.2 Å². The normalized spacial score (nSPS) is 27.0. The SMILES string of the molecule is CCCCCC1CCC2C[C@H](c3cc(F)c4c(F)c(OC)ccc4c3)CC[C@@H]2C1. The summed E-state index contributed by atoms with van der Waals surface area (Å²) in [5.41, 5.74) is 1.04. The highest BCUT2D eigenvalue weighted by atomic mass is 19.1. The highest BCUT2D eigenvalue weighted by Gasteiger charge is 2.36. The maximum absolute atomic E-state index is 14.8. The molecule has 0 aliphatic heterocycles. The molecule has 0 aromatic heterocycles. The molecule has 0 bridgehead atoms. The van der Waals surface area contributed by atoms with Crippen LogP contribution < -0.4 is 4.74 Å². The lowest BCUT2D eigenvalue weighted by atomic mass is 9.63. The highest BCUT2D eigenvalue weighted by molar-refractivity contribution is 5.86. The van der Waals surface area contributed by atoms with Gasteiger partial charge >= 0.3 is 0 Å². The maximum Gasteiger partial charge on any atom is 0.175 e. The van der Waals surface area contributed by atoms with E-state index in [0.29, 0.717) is 11.3 Å². The van der Waals surface area contributed by atoms with Crippen molar-refractivity contribution in [3.63, 3.8) is 0 Å². The van der Waals surface area contributed by atoms with Crippen LogP contribution in [0.3, 0.4) is 0 Å². The molecule has 2 saturated carbocycles. The van der Waals surface area contributed by atoms with E-state index in [2.05, 4.69) is 6.92 Å². The number of methoxy groups -OCH3 is 1. The number of halogens is 2. The first-order chi connectivity index (χ1) is 14.1. The van der Waals surface area contributed by atoms with Gasteiger partial charge in [-0.2, -0.15) is 0 Å². The zero-order valence-electron chi connectivity index (χ0n) is 17.9. The van der Waals surface area contributed by atoms with Crippen LogP contribution in [0.25, 0.3) is 10.8 Å². The first-order valence-corrected chi connectivity index (χ1v) is 11.6. The number of benzene rings is 2. The summed E-state index contributed by atoms with van der Waals surface area (Å²) >= 11 is 0. The monoisotopic (exact) mass is 400 g/mol. The highest BCUT2D eigenvalue weighted by Crippen LogP contribution is 2.49. The van der Waals surface area contributed by atoms with E-state index in [4.69, 9.17) is 4.74 Å². The summed E-state index contributed by atoms with van der Waals surface area (Å²) < 4.78 is 34.3. The lowest BCUT2D eigenvalue weighted by molar-refractivity contribution is 0.113. The number of fused-ring (bicyclic) bond motifs is 2. The van der Waals surface area contributed by atoms with Gasteiger partial charge in [-0.3, -0.25) is 0 Å². The van der Waals surface area contributed by atoms with Crippen molar-refractivity contribution in [2.75, 3.05) is 7.11 Å². The van der Waals surface area contributed by atoms with Crippen LogP contribution in [0.1, 0.15) is 82.6 Å². The molecule has 1 nitrogen and oxygen atoms in total. The smallest absolute Gasteiger partial charge is 0.175 e. The minimum Gasteiger partial charge on any atom is -0.494 e. The molecule has 4 atom stereocenters. The Hall–Kier alpha value is -1.64. The van der Waals surface area contributed by atoms with E-state index in [9.17, 15) is 8.78 Å². The number of hydrogen-bond donors (Lipinski definition) is 0. The van der Waals surface area contributed by atoms with Crippen LogP contribution in [0, 0.1) is 29.4 Å². The molecule has 29 heavy (non-hydrogen) atoms. The first kappa shape index (κ1) is 20.6. The largest absolute Gasteiger partial charge is 0.494 e. The quantitative estimate of drug-likeness (QED) is 0.446. The van der Waals surface area contributed by atoms with Crippen molar-refractivity contribution in [2.24, 2.45) is 17.8 Å². The van der Waals surface area contributed by atoms with Crippen LogP contribution in [0.4, 0.5) is 8.78 Å². The molecule has 2 aliphatic rings.